The number of hydrogen-bond donors (Lipinski definition) is 0. The lowest BCUT2D eigenvalue weighted by Gasteiger charge is -2.25. The molecule has 0 heteroatoms. The van der Waals surface area contributed by atoms with Crippen LogP contribution in [0.4, 0.5) is 0 Å². The molecule has 0 aromatic rings. The summed E-state index contributed by atoms with van der Waals surface area (Å²) in [5.41, 5.74) is 0. The van der Waals surface area contributed by atoms with Crippen LogP contribution in [-0.2, 0) is 0 Å². The quantitative estimate of drug-likeness (QED) is 0.544. The molecule has 1 aliphatic rings. The summed E-state index contributed by atoms with van der Waals surface area (Å²) in [6, 6.07) is 0. The molecule has 1 unspecified atom stereocenters. The predicted molar refractivity (Wildman–Crippen MR) is 59.8 cm³/mol. The highest BCUT2D eigenvalue weighted by Crippen LogP contribution is 2.31. The topological polar surface area (TPSA) is 0 Å². The molecule has 1 aliphatic carbocycles. The molecule has 1 saturated carbocycles. The lowest BCUT2D eigenvalue weighted by molar-refractivity contribution is 0.284. The molecule has 1 rings (SSSR count). The maximum absolute atomic E-state index is 3.84. The fraction of sp³-hybridized carbons (Fsp3) is 0.846. The van der Waals surface area contributed by atoms with Gasteiger partial charge in [0, 0.05) is 0 Å². The van der Waals surface area contributed by atoms with Crippen LogP contribution >= 0.6 is 0 Å². The summed E-state index contributed by atoms with van der Waals surface area (Å²) < 4.78 is 0. The minimum atomic E-state index is 0.917. The van der Waals surface area contributed by atoms with Crippen molar-refractivity contribution in [1.29, 1.82) is 0 Å². The Labute approximate surface area is 83.4 Å². The summed E-state index contributed by atoms with van der Waals surface area (Å²) in [7, 11) is 0. The van der Waals surface area contributed by atoms with Crippen molar-refractivity contribution >= 4 is 0 Å². The predicted octanol–water partition coefficient (Wildman–Crippen LogP) is 4.56. The minimum absolute atomic E-state index is 0.917. The maximum atomic E-state index is 3.84. The molecule has 0 N–H and O–H groups in total. The van der Waals surface area contributed by atoms with Gasteiger partial charge in [-0.15, -0.1) is 6.58 Å². The monoisotopic (exact) mass is 180 g/mol. The van der Waals surface area contributed by atoms with Crippen LogP contribution in [0.25, 0.3) is 0 Å². The van der Waals surface area contributed by atoms with E-state index in [4.69, 9.17) is 0 Å². The van der Waals surface area contributed by atoms with Crippen LogP contribution < -0.4 is 0 Å². The van der Waals surface area contributed by atoms with Gasteiger partial charge < -0.3 is 0 Å². The third-order valence-electron chi connectivity index (χ3n) is 3.47. The second-order valence-corrected chi connectivity index (χ2v) is 4.54. The molecular formula is C13H24. The Hall–Kier alpha value is -0.260. The van der Waals surface area contributed by atoms with Crippen molar-refractivity contribution in [3.8, 4) is 0 Å². The summed E-state index contributed by atoms with van der Waals surface area (Å²) in [6.07, 6.45) is 13.6. The Bertz CT molecular complexity index is 131. The first-order chi connectivity index (χ1) is 6.36. The molecule has 13 heavy (non-hydrogen) atoms. The van der Waals surface area contributed by atoms with E-state index in [-0.39, 0.29) is 0 Å². The summed E-state index contributed by atoms with van der Waals surface area (Å²) in [4.78, 5) is 0. The van der Waals surface area contributed by atoms with Crippen LogP contribution in [0.1, 0.15) is 58.3 Å². The zero-order valence-corrected chi connectivity index (χ0v) is 9.10. The van der Waals surface area contributed by atoms with Crippen molar-refractivity contribution in [3.05, 3.63) is 12.7 Å². The average molecular weight is 180 g/mol. The van der Waals surface area contributed by atoms with E-state index in [2.05, 4.69) is 19.6 Å². The van der Waals surface area contributed by atoms with Crippen molar-refractivity contribution < 1.29 is 0 Å². The highest BCUT2D eigenvalue weighted by Gasteiger charge is 2.16. The zero-order chi connectivity index (χ0) is 9.52. The van der Waals surface area contributed by atoms with Gasteiger partial charge in [0.2, 0.25) is 0 Å². The van der Waals surface area contributed by atoms with E-state index in [1.807, 2.05) is 0 Å². The van der Waals surface area contributed by atoms with Gasteiger partial charge in [-0.1, -0.05) is 51.5 Å². The zero-order valence-electron chi connectivity index (χ0n) is 9.10. The van der Waals surface area contributed by atoms with Crippen LogP contribution in [0.15, 0.2) is 12.7 Å². The molecule has 0 aliphatic heterocycles. The molecule has 0 amide bonds. The maximum Gasteiger partial charge on any atom is -0.0325 e. The van der Waals surface area contributed by atoms with Gasteiger partial charge in [-0.3, -0.25) is 0 Å². The summed E-state index contributed by atoms with van der Waals surface area (Å²) in [5.74, 6) is 1.96. The molecule has 76 valence electrons. The van der Waals surface area contributed by atoms with E-state index < -0.39 is 0 Å². The second kappa shape index (κ2) is 6.23. The molecule has 1 fully saturated rings. The van der Waals surface area contributed by atoms with Crippen molar-refractivity contribution in [3.63, 3.8) is 0 Å². The van der Waals surface area contributed by atoms with Gasteiger partial charge in [-0.25, -0.2) is 0 Å². The van der Waals surface area contributed by atoms with Crippen LogP contribution in [0.3, 0.4) is 0 Å². The van der Waals surface area contributed by atoms with Gasteiger partial charge >= 0.3 is 0 Å². The lowest BCUT2D eigenvalue weighted by atomic mass is 9.81. The fourth-order valence-electron chi connectivity index (χ4n) is 2.56. The first-order valence-electron chi connectivity index (χ1n) is 5.97. The van der Waals surface area contributed by atoms with E-state index >= 15 is 0 Å². The Balaban J connectivity index is 2.22. The fourth-order valence-corrected chi connectivity index (χ4v) is 2.56. The van der Waals surface area contributed by atoms with Crippen LogP contribution in [0, 0.1) is 11.8 Å². The first-order valence-corrected chi connectivity index (χ1v) is 5.97. The molecule has 0 nitrogen and oxygen atoms in total. The van der Waals surface area contributed by atoms with Crippen molar-refractivity contribution in [2.75, 3.05) is 0 Å². The SMILES string of the molecule is C=CCC(CC)CC1CCCCC1. The van der Waals surface area contributed by atoms with Crippen molar-refractivity contribution in [1.82, 2.24) is 0 Å². The van der Waals surface area contributed by atoms with Gasteiger partial charge in [0.25, 0.3) is 0 Å². The Morgan fingerprint density at radius 2 is 2.00 bits per heavy atom. The van der Waals surface area contributed by atoms with Crippen LogP contribution in [-0.4, -0.2) is 0 Å². The Morgan fingerprint density at radius 3 is 2.54 bits per heavy atom. The van der Waals surface area contributed by atoms with Gasteiger partial charge in [0.05, 0.1) is 0 Å². The summed E-state index contributed by atoms with van der Waals surface area (Å²) >= 11 is 0. The number of rotatable bonds is 5. The molecular weight excluding hydrogens is 156 g/mol. The van der Waals surface area contributed by atoms with E-state index in [1.54, 1.807) is 0 Å². The molecule has 0 heterocycles. The first kappa shape index (κ1) is 10.8. The van der Waals surface area contributed by atoms with Gasteiger partial charge in [-0.2, -0.15) is 0 Å². The Morgan fingerprint density at radius 1 is 1.31 bits per heavy atom. The van der Waals surface area contributed by atoms with Crippen LogP contribution in [0.2, 0.25) is 0 Å². The van der Waals surface area contributed by atoms with E-state index in [0.29, 0.717) is 0 Å². The van der Waals surface area contributed by atoms with E-state index in [9.17, 15) is 0 Å². The number of hydrogen-bond acceptors (Lipinski definition) is 0. The highest BCUT2D eigenvalue weighted by molar-refractivity contribution is 4.76. The normalized spacial score (nSPS) is 21.3. The van der Waals surface area contributed by atoms with E-state index in [1.165, 1.54) is 51.4 Å². The molecule has 0 aromatic heterocycles. The molecule has 0 bridgehead atoms. The molecule has 0 saturated heterocycles. The third-order valence-corrected chi connectivity index (χ3v) is 3.47. The van der Waals surface area contributed by atoms with Crippen LogP contribution in [0.5, 0.6) is 0 Å². The van der Waals surface area contributed by atoms with Crippen molar-refractivity contribution in [2.24, 2.45) is 11.8 Å². The molecule has 0 radical (unpaired) electrons. The van der Waals surface area contributed by atoms with Crippen molar-refractivity contribution in [2.45, 2.75) is 58.3 Å². The largest absolute Gasteiger partial charge is 0.103 e. The third kappa shape index (κ3) is 3.97. The second-order valence-electron chi connectivity index (χ2n) is 4.54. The smallest absolute Gasteiger partial charge is 0.0325 e. The molecule has 0 aromatic carbocycles. The van der Waals surface area contributed by atoms with E-state index in [0.717, 1.165) is 11.8 Å². The average Bonchev–Trinajstić information content (AvgIpc) is 2.19. The minimum Gasteiger partial charge on any atom is -0.103 e. The van der Waals surface area contributed by atoms with Gasteiger partial charge in [-0.05, 0) is 24.7 Å². The molecule has 1 atom stereocenters. The molecule has 0 spiro atoms. The lowest BCUT2D eigenvalue weighted by Crippen LogP contribution is -2.11. The highest BCUT2D eigenvalue weighted by atomic mass is 14.2. The standard InChI is InChI=1S/C13H24/c1-3-8-12(4-2)11-13-9-6-5-7-10-13/h3,12-13H,1,4-11H2,2H3. The number of allylic oxidation sites excluding steroid dienone is 1. The Kier molecular flexibility index (Phi) is 5.19. The summed E-state index contributed by atoms with van der Waals surface area (Å²) in [6.45, 7) is 6.16. The van der Waals surface area contributed by atoms with Gasteiger partial charge in [0.1, 0.15) is 0 Å². The van der Waals surface area contributed by atoms with Gasteiger partial charge in [0.15, 0.2) is 0 Å². The summed E-state index contributed by atoms with van der Waals surface area (Å²) in [5, 5.41) is 0.